The lowest BCUT2D eigenvalue weighted by atomic mass is 9.78. The number of hydrogen-bond donors (Lipinski definition) is 3. The van der Waals surface area contributed by atoms with E-state index in [1.54, 1.807) is 6.92 Å². The van der Waals surface area contributed by atoms with Gasteiger partial charge in [0.05, 0.1) is 17.4 Å². The summed E-state index contributed by atoms with van der Waals surface area (Å²) in [4.78, 5) is 23.3. The molecule has 5 heteroatoms. The lowest BCUT2D eigenvalue weighted by Gasteiger charge is -2.30. The van der Waals surface area contributed by atoms with Gasteiger partial charge < -0.3 is 15.5 Å². The van der Waals surface area contributed by atoms with Gasteiger partial charge in [0.25, 0.3) is 0 Å². The predicted molar refractivity (Wildman–Crippen MR) is 76.2 cm³/mol. The number of aliphatic carboxylic acids is 1. The molecule has 0 aromatic heterocycles. The molecule has 1 amide bonds. The first kappa shape index (κ1) is 17.0. The smallest absolute Gasteiger partial charge is 0.307 e. The lowest BCUT2D eigenvalue weighted by Crippen LogP contribution is -2.46. The monoisotopic (exact) mass is 285 g/mol. The van der Waals surface area contributed by atoms with Gasteiger partial charge in [-0.2, -0.15) is 0 Å². The minimum absolute atomic E-state index is 0.173. The number of amides is 1. The van der Waals surface area contributed by atoms with Gasteiger partial charge >= 0.3 is 5.97 Å². The molecule has 116 valence electrons. The van der Waals surface area contributed by atoms with E-state index in [4.69, 9.17) is 0 Å². The number of carboxylic acid groups (broad SMARTS) is 1. The van der Waals surface area contributed by atoms with E-state index in [0.717, 1.165) is 12.8 Å². The van der Waals surface area contributed by atoms with Crippen molar-refractivity contribution >= 4 is 11.9 Å². The highest BCUT2D eigenvalue weighted by molar-refractivity contribution is 5.84. The van der Waals surface area contributed by atoms with Crippen LogP contribution < -0.4 is 5.32 Å². The second-order valence-electron chi connectivity index (χ2n) is 6.65. The van der Waals surface area contributed by atoms with Crippen LogP contribution in [0.4, 0.5) is 0 Å². The van der Waals surface area contributed by atoms with Crippen molar-refractivity contribution in [1.29, 1.82) is 0 Å². The summed E-state index contributed by atoms with van der Waals surface area (Å²) in [7, 11) is 0. The van der Waals surface area contributed by atoms with Crippen molar-refractivity contribution in [1.82, 2.24) is 5.32 Å². The van der Waals surface area contributed by atoms with Crippen molar-refractivity contribution < 1.29 is 19.8 Å². The summed E-state index contributed by atoms with van der Waals surface area (Å²) in [6, 6.07) is 0. The quantitative estimate of drug-likeness (QED) is 0.694. The van der Waals surface area contributed by atoms with Crippen molar-refractivity contribution in [2.24, 2.45) is 17.8 Å². The zero-order chi connectivity index (χ0) is 15.3. The Hall–Kier alpha value is -1.10. The van der Waals surface area contributed by atoms with E-state index < -0.39 is 23.4 Å². The van der Waals surface area contributed by atoms with Gasteiger partial charge in [-0.1, -0.05) is 26.7 Å². The largest absolute Gasteiger partial charge is 0.481 e. The highest BCUT2D eigenvalue weighted by Crippen LogP contribution is 2.30. The molecule has 0 aromatic rings. The number of hydrogen-bond acceptors (Lipinski definition) is 3. The highest BCUT2D eigenvalue weighted by atomic mass is 16.4. The Morgan fingerprint density at radius 1 is 1.25 bits per heavy atom. The van der Waals surface area contributed by atoms with Crippen molar-refractivity contribution in [2.75, 3.05) is 6.54 Å². The van der Waals surface area contributed by atoms with E-state index in [1.807, 2.05) is 13.8 Å². The molecule has 0 radical (unpaired) electrons. The van der Waals surface area contributed by atoms with Crippen molar-refractivity contribution in [2.45, 2.75) is 58.5 Å². The van der Waals surface area contributed by atoms with Crippen LogP contribution in [0.3, 0.4) is 0 Å². The molecule has 1 aliphatic carbocycles. The molecule has 0 heterocycles. The van der Waals surface area contributed by atoms with Crippen LogP contribution in [0.15, 0.2) is 0 Å². The summed E-state index contributed by atoms with van der Waals surface area (Å²) in [6.45, 7) is 5.89. The zero-order valence-electron chi connectivity index (χ0n) is 12.7. The summed E-state index contributed by atoms with van der Waals surface area (Å²) in [5.41, 5.74) is -0.947. The molecule has 5 nitrogen and oxygen atoms in total. The molecule has 0 aromatic carbocycles. The Balaban J connectivity index is 2.54. The molecule has 0 aliphatic heterocycles. The van der Waals surface area contributed by atoms with Crippen molar-refractivity contribution in [3.8, 4) is 0 Å². The van der Waals surface area contributed by atoms with Gasteiger partial charge in [0, 0.05) is 6.54 Å². The normalized spacial score (nSPS) is 26.1. The first-order chi connectivity index (χ1) is 9.23. The molecular weight excluding hydrogens is 258 g/mol. The third-order valence-electron chi connectivity index (χ3n) is 3.91. The van der Waals surface area contributed by atoms with Gasteiger partial charge in [-0.3, -0.25) is 9.59 Å². The Labute approximate surface area is 120 Å². The van der Waals surface area contributed by atoms with Gasteiger partial charge in [-0.05, 0) is 32.1 Å². The van der Waals surface area contributed by atoms with Crippen LogP contribution in [0.5, 0.6) is 0 Å². The number of nitrogens with one attached hydrogen (secondary N) is 1. The van der Waals surface area contributed by atoms with E-state index in [2.05, 4.69) is 5.32 Å². The summed E-state index contributed by atoms with van der Waals surface area (Å²) in [6.07, 6.45) is 3.54. The Morgan fingerprint density at radius 2 is 1.80 bits per heavy atom. The van der Waals surface area contributed by atoms with Crippen LogP contribution in [0, 0.1) is 17.8 Å². The Bertz CT molecular complexity index is 352. The minimum atomic E-state index is -0.947. The summed E-state index contributed by atoms with van der Waals surface area (Å²) in [5.74, 6) is -1.84. The maximum absolute atomic E-state index is 12.2. The molecule has 1 unspecified atom stereocenters. The molecule has 1 aliphatic rings. The molecule has 1 saturated carbocycles. The number of carboxylic acids is 1. The number of aliphatic hydroxyl groups is 1. The fraction of sp³-hybridized carbons (Fsp3) is 0.867. The van der Waals surface area contributed by atoms with Crippen molar-refractivity contribution in [3.05, 3.63) is 0 Å². The maximum atomic E-state index is 12.2. The topological polar surface area (TPSA) is 86.6 Å². The van der Waals surface area contributed by atoms with E-state index in [1.165, 1.54) is 0 Å². The van der Waals surface area contributed by atoms with E-state index >= 15 is 0 Å². The average molecular weight is 285 g/mol. The molecule has 0 bridgehead atoms. The number of rotatable bonds is 6. The van der Waals surface area contributed by atoms with Gasteiger partial charge in [0.2, 0.25) is 5.91 Å². The van der Waals surface area contributed by atoms with Crippen LogP contribution in [-0.2, 0) is 9.59 Å². The number of carbonyl (C=O) groups excluding carboxylic acids is 1. The van der Waals surface area contributed by atoms with Crippen LogP contribution in [-0.4, -0.2) is 34.2 Å². The molecular formula is C15H27NO4. The molecule has 3 atom stereocenters. The standard InChI is InChI=1S/C15H27NO4/c1-10(2)8-15(3,20)9-16-13(17)11-6-4-5-7-12(11)14(18)19/h10-12,20H,4-9H2,1-3H3,(H,16,17)(H,18,19)/t11-,12+,15?/m1/s1. The summed E-state index contributed by atoms with van der Waals surface area (Å²) in [5, 5.41) is 22.1. The third-order valence-corrected chi connectivity index (χ3v) is 3.91. The van der Waals surface area contributed by atoms with Crippen LogP contribution in [0.25, 0.3) is 0 Å². The lowest BCUT2D eigenvalue weighted by molar-refractivity contribution is -0.149. The summed E-state index contributed by atoms with van der Waals surface area (Å²) < 4.78 is 0. The molecule has 3 N–H and O–H groups in total. The molecule has 20 heavy (non-hydrogen) atoms. The van der Waals surface area contributed by atoms with E-state index in [0.29, 0.717) is 25.2 Å². The van der Waals surface area contributed by atoms with Gasteiger partial charge in [-0.25, -0.2) is 0 Å². The number of carbonyl (C=O) groups is 2. The minimum Gasteiger partial charge on any atom is -0.481 e. The first-order valence-corrected chi connectivity index (χ1v) is 7.46. The van der Waals surface area contributed by atoms with E-state index in [-0.39, 0.29) is 12.5 Å². The molecule has 0 saturated heterocycles. The fourth-order valence-corrected chi connectivity index (χ4v) is 3.10. The fourth-order valence-electron chi connectivity index (χ4n) is 3.10. The van der Waals surface area contributed by atoms with Crippen LogP contribution in [0.1, 0.15) is 52.9 Å². The summed E-state index contributed by atoms with van der Waals surface area (Å²) >= 11 is 0. The SMILES string of the molecule is CC(C)CC(C)(O)CNC(=O)[C@@H]1CCCC[C@@H]1C(=O)O. The molecule has 0 spiro atoms. The van der Waals surface area contributed by atoms with E-state index in [9.17, 15) is 19.8 Å². The van der Waals surface area contributed by atoms with Gasteiger partial charge in [0.15, 0.2) is 0 Å². The second-order valence-corrected chi connectivity index (χ2v) is 6.65. The first-order valence-electron chi connectivity index (χ1n) is 7.46. The molecule has 1 rings (SSSR count). The average Bonchev–Trinajstić information content (AvgIpc) is 2.34. The predicted octanol–water partition coefficient (Wildman–Crippen LogP) is 1.79. The van der Waals surface area contributed by atoms with Crippen LogP contribution in [0.2, 0.25) is 0 Å². The van der Waals surface area contributed by atoms with Gasteiger partial charge in [-0.15, -0.1) is 0 Å². The second kappa shape index (κ2) is 7.07. The maximum Gasteiger partial charge on any atom is 0.307 e. The Kier molecular flexibility index (Phi) is 5.99. The highest BCUT2D eigenvalue weighted by Gasteiger charge is 2.36. The Morgan fingerprint density at radius 3 is 2.30 bits per heavy atom. The molecule has 1 fully saturated rings. The third kappa shape index (κ3) is 5.12. The zero-order valence-corrected chi connectivity index (χ0v) is 12.7. The van der Waals surface area contributed by atoms with Gasteiger partial charge in [0.1, 0.15) is 0 Å². The van der Waals surface area contributed by atoms with Crippen LogP contribution >= 0.6 is 0 Å². The van der Waals surface area contributed by atoms with Crippen molar-refractivity contribution in [3.63, 3.8) is 0 Å².